The van der Waals surface area contributed by atoms with Gasteiger partial charge in [-0.25, -0.2) is 8.42 Å². The molecule has 0 aliphatic carbocycles. The number of sulfonamides is 1. The summed E-state index contributed by atoms with van der Waals surface area (Å²) in [7, 11) is -2.06. The van der Waals surface area contributed by atoms with Gasteiger partial charge in [-0.05, 0) is 48.7 Å². The summed E-state index contributed by atoms with van der Waals surface area (Å²) in [5.41, 5.74) is 2.86. The van der Waals surface area contributed by atoms with Gasteiger partial charge in [0.25, 0.3) is 10.0 Å². The lowest BCUT2D eigenvalue weighted by Crippen LogP contribution is -2.20. The molecule has 2 rings (SSSR count). The molecule has 0 saturated heterocycles. The first-order valence-electron chi connectivity index (χ1n) is 7.21. The molecule has 0 atom stereocenters. The predicted molar refractivity (Wildman–Crippen MR) is 90.9 cm³/mol. The molecule has 0 radical (unpaired) electrons. The average Bonchev–Trinajstić information content (AvgIpc) is 2.51. The van der Waals surface area contributed by atoms with E-state index in [1.54, 1.807) is 50.4 Å². The molecule has 0 spiro atoms. The van der Waals surface area contributed by atoms with Crippen LogP contribution < -0.4 is 10.0 Å². The van der Waals surface area contributed by atoms with Crippen LogP contribution in [-0.2, 0) is 21.2 Å². The maximum Gasteiger partial charge on any atom is 0.262 e. The lowest BCUT2D eigenvalue weighted by Gasteiger charge is -2.11. The zero-order chi connectivity index (χ0) is 17.0. The minimum atomic E-state index is -3.64. The molecule has 2 aromatic carbocycles. The third kappa shape index (κ3) is 4.32. The minimum Gasteiger partial charge on any atom is -0.359 e. The van der Waals surface area contributed by atoms with Gasteiger partial charge in [-0.15, -0.1) is 0 Å². The molecule has 0 heterocycles. The standard InChI is InChI=1S/C17H20N2O3S/c1-12-4-5-13(2)16(10-12)23(21,22)19-15-8-6-14(7-9-15)11-17(20)18-3/h4-10,19H,11H2,1-3H3,(H,18,20). The Balaban J connectivity index is 2.20. The van der Waals surface area contributed by atoms with E-state index in [0.29, 0.717) is 11.3 Å². The molecule has 0 fully saturated rings. The quantitative estimate of drug-likeness (QED) is 0.883. The van der Waals surface area contributed by atoms with Crippen molar-refractivity contribution in [2.75, 3.05) is 11.8 Å². The number of anilines is 1. The lowest BCUT2D eigenvalue weighted by molar-refractivity contribution is -0.119. The molecule has 0 aliphatic rings. The molecule has 122 valence electrons. The topological polar surface area (TPSA) is 75.3 Å². The molecule has 2 aromatic rings. The first kappa shape index (κ1) is 17.0. The van der Waals surface area contributed by atoms with E-state index >= 15 is 0 Å². The zero-order valence-electron chi connectivity index (χ0n) is 13.4. The molecule has 23 heavy (non-hydrogen) atoms. The van der Waals surface area contributed by atoms with E-state index in [2.05, 4.69) is 10.0 Å². The van der Waals surface area contributed by atoms with E-state index < -0.39 is 10.0 Å². The number of aryl methyl sites for hydroxylation is 2. The number of benzene rings is 2. The van der Waals surface area contributed by atoms with E-state index in [1.807, 2.05) is 13.0 Å². The molecule has 2 N–H and O–H groups in total. The molecule has 0 aliphatic heterocycles. The Morgan fingerprint density at radius 1 is 1.04 bits per heavy atom. The highest BCUT2D eigenvalue weighted by Gasteiger charge is 2.17. The van der Waals surface area contributed by atoms with Crippen LogP contribution in [0.3, 0.4) is 0 Å². The van der Waals surface area contributed by atoms with Crippen LogP contribution in [0.5, 0.6) is 0 Å². The van der Waals surface area contributed by atoms with Crippen LogP contribution in [0.15, 0.2) is 47.4 Å². The van der Waals surface area contributed by atoms with Crippen molar-refractivity contribution in [3.8, 4) is 0 Å². The molecular formula is C17H20N2O3S. The molecular weight excluding hydrogens is 312 g/mol. The van der Waals surface area contributed by atoms with Crippen LogP contribution in [0.25, 0.3) is 0 Å². The van der Waals surface area contributed by atoms with Crippen molar-refractivity contribution in [1.82, 2.24) is 5.32 Å². The van der Waals surface area contributed by atoms with Crippen molar-refractivity contribution in [3.05, 3.63) is 59.2 Å². The highest BCUT2D eigenvalue weighted by atomic mass is 32.2. The third-order valence-electron chi connectivity index (χ3n) is 3.48. The smallest absolute Gasteiger partial charge is 0.262 e. The van der Waals surface area contributed by atoms with Crippen LogP contribution in [0.2, 0.25) is 0 Å². The summed E-state index contributed by atoms with van der Waals surface area (Å²) in [5.74, 6) is -0.0892. The maximum absolute atomic E-state index is 12.5. The normalized spacial score (nSPS) is 11.1. The average molecular weight is 332 g/mol. The number of carbonyl (C=O) groups excluding carboxylic acids is 1. The van der Waals surface area contributed by atoms with Gasteiger partial charge < -0.3 is 5.32 Å². The van der Waals surface area contributed by atoms with Crippen molar-refractivity contribution in [2.24, 2.45) is 0 Å². The van der Waals surface area contributed by atoms with Gasteiger partial charge in [0.05, 0.1) is 11.3 Å². The summed E-state index contributed by atoms with van der Waals surface area (Å²) < 4.78 is 27.6. The predicted octanol–water partition coefficient (Wildman–Crippen LogP) is 2.39. The number of likely N-dealkylation sites (N-methyl/N-ethyl adjacent to an activating group) is 1. The summed E-state index contributed by atoms with van der Waals surface area (Å²) in [6, 6.07) is 12.1. The number of nitrogens with one attached hydrogen (secondary N) is 2. The zero-order valence-corrected chi connectivity index (χ0v) is 14.2. The summed E-state index contributed by atoms with van der Waals surface area (Å²) in [4.78, 5) is 11.6. The van der Waals surface area contributed by atoms with E-state index in [1.165, 1.54) is 0 Å². The molecule has 0 bridgehead atoms. The summed E-state index contributed by atoms with van der Waals surface area (Å²) in [5, 5.41) is 2.55. The van der Waals surface area contributed by atoms with Gasteiger partial charge in [-0.3, -0.25) is 9.52 Å². The van der Waals surface area contributed by atoms with Gasteiger partial charge in [-0.2, -0.15) is 0 Å². The van der Waals surface area contributed by atoms with Crippen LogP contribution in [0.1, 0.15) is 16.7 Å². The van der Waals surface area contributed by atoms with Gasteiger partial charge in [0.1, 0.15) is 0 Å². The Morgan fingerprint density at radius 2 is 1.70 bits per heavy atom. The molecule has 1 amide bonds. The Labute approximate surface area is 136 Å². The maximum atomic E-state index is 12.5. The second-order valence-electron chi connectivity index (χ2n) is 5.42. The number of amides is 1. The number of hydrogen-bond donors (Lipinski definition) is 2. The van der Waals surface area contributed by atoms with Crippen molar-refractivity contribution in [3.63, 3.8) is 0 Å². The monoisotopic (exact) mass is 332 g/mol. The van der Waals surface area contributed by atoms with Crippen molar-refractivity contribution < 1.29 is 13.2 Å². The largest absolute Gasteiger partial charge is 0.359 e. The number of hydrogen-bond acceptors (Lipinski definition) is 3. The Hall–Kier alpha value is -2.34. The van der Waals surface area contributed by atoms with Gasteiger partial charge in [0.15, 0.2) is 0 Å². The van der Waals surface area contributed by atoms with Gasteiger partial charge in [0.2, 0.25) is 5.91 Å². The SMILES string of the molecule is CNC(=O)Cc1ccc(NS(=O)(=O)c2cc(C)ccc2C)cc1. The first-order chi connectivity index (χ1) is 10.8. The highest BCUT2D eigenvalue weighted by Crippen LogP contribution is 2.21. The highest BCUT2D eigenvalue weighted by molar-refractivity contribution is 7.92. The van der Waals surface area contributed by atoms with Crippen molar-refractivity contribution in [1.29, 1.82) is 0 Å². The van der Waals surface area contributed by atoms with Gasteiger partial charge in [0, 0.05) is 12.7 Å². The Kier molecular flexibility index (Phi) is 5.05. The fraction of sp³-hybridized carbons (Fsp3) is 0.235. The summed E-state index contributed by atoms with van der Waals surface area (Å²) in [6.07, 6.45) is 0.264. The minimum absolute atomic E-state index is 0.0892. The van der Waals surface area contributed by atoms with E-state index in [0.717, 1.165) is 11.1 Å². The molecule has 6 heteroatoms. The molecule has 0 aromatic heterocycles. The molecule has 0 unspecified atom stereocenters. The molecule has 0 saturated carbocycles. The Bertz CT molecular complexity index is 812. The number of carbonyl (C=O) groups is 1. The fourth-order valence-electron chi connectivity index (χ4n) is 2.17. The number of rotatable bonds is 5. The first-order valence-corrected chi connectivity index (χ1v) is 8.70. The van der Waals surface area contributed by atoms with Crippen LogP contribution in [-0.4, -0.2) is 21.4 Å². The van der Waals surface area contributed by atoms with Gasteiger partial charge in [-0.1, -0.05) is 24.3 Å². The fourth-order valence-corrected chi connectivity index (χ4v) is 3.56. The lowest BCUT2D eigenvalue weighted by atomic mass is 10.1. The van der Waals surface area contributed by atoms with E-state index in [9.17, 15) is 13.2 Å². The molecule has 5 nitrogen and oxygen atoms in total. The summed E-state index contributed by atoms with van der Waals surface area (Å²) >= 11 is 0. The van der Waals surface area contributed by atoms with Crippen LogP contribution in [0, 0.1) is 13.8 Å². The van der Waals surface area contributed by atoms with Gasteiger partial charge >= 0.3 is 0 Å². The third-order valence-corrected chi connectivity index (χ3v) is 5.01. The van der Waals surface area contributed by atoms with E-state index in [4.69, 9.17) is 0 Å². The summed E-state index contributed by atoms with van der Waals surface area (Å²) in [6.45, 7) is 3.62. The van der Waals surface area contributed by atoms with Crippen LogP contribution in [0.4, 0.5) is 5.69 Å². The second kappa shape index (κ2) is 6.83. The Morgan fingerprint density at radius 3 is 2.30 bits per heavy atom. The van der Waals surface area contributed by atoms with Crippen molar-refractivity contribution in [2.45, 2.75) is 25.2 Å². The van der Waals surface area contributed by atoms with E-state index in [-0.39, 0.29) is 17.2 Å². The van der Waals surface area contributed by atoms with Crippen molar-refractivity contribution >= 4 is 21.6 Å². The second-order valence-corrected chi connectivity index (χ2v) is 7.07. The van der Waals surface area contributed by atoms with Crippen LogP contribution >= 0.6 is 0 Å².